The minimum Gasteiger partial charge on any atom is -0.409 e. The van der Waals surface area contributed by atoms with Crippen LogP contribution >= 0.6 is 0 Å². The molecule has 1 amide bonds. The Labute approximate surface area is 99.1 Å². The van der Waals surface area contributed by atoms with E-state index < -0.39 is 5.92 Å². The Hall–Kier alpha value is -2.05. The molecule has 0 fully saturated rings. The summed E-state index contributed by atoms with van der Waals surface area (Å²) in [5, 5.41) is 14.2. The first-order valence-corrected chi connectivity index (χ1v) is 5.37. The molecule has 0 radical (unpaired) electrons. The Morgan fingerprint density at radius 3 is 2.94 bits per heavy atom. The number of aromatic amines is 1. The Morgan fingerprint density at radius 1 is 1.76 bits per heavy atom. The zero-order valence-corrected chi connectivity index (χ0v) is 9.84. The van der Waals surface area contributed by atoms with Crippen molar-refractivity contribution in [3.8, 4) is 0 Å². The van der Waals surface area contributed by atoms with E-state index in [0.717, 1.165) is 0 Å². The first-order chi connectivity index (χ1) is 8.10. The second-order valence-electron chi connectivity index (χ2n) is 3.69. The first kappa shape index (κ1) is 13.0. The second kappa shape index (κ2) is 5.88. The molecule has 0 aliphatic heterocycles. The van der Waals surface area contributed by atoms with Crippen molar-refractivity contribution < 1.29 is 10.0 Å². The van der Waals surface area contributed by atoms with E-state index in [4.69, 9.17) is 10.9 Å². The van der Waals surface area contributed by atoms with E-state index >= 15 is 0 Å². The number of nitrogens with one attached hydrogen (secondary N) is 2. The summed E-state index contributed by atoms with van der Waals surface area (Å²) in [5.41, 5.74) is 5.44. The van der Waals surface area contributed by atoms with Gasteiger partial charge in [0.05, 0.1) is 12.0 Å². The lowest BCUT2D eigenvalue weighted by molar-refractivity contribution is -0.123. The van der Waals surface area contributed by atoms with Crippen molar-refractivity contribution in [1.82, 2.24) is 15.3 Å². The summed E-state index contributed by atoms with van der Waals surface area (Å²) in [6, 6.07) is -0.252. The summed E-state index contributed by atoms with van der Waals surface area (Å²) in [5.74, 6) is -0.339. The van der Waals surface area contributed by atoms with Gasteiger partial charge in [-0.3, -0.25) is 4.79 Å². The molecule has 1 aromatic rings. The largest absolute Gasteiger partial charge is 0.409 e. The van der Waals surface area contributed by atoms with Gasteiger partial charge in [-0.1, -0.05) is 12.1 Å². The van der Waals surface area contributed by atoms with Crippen LogP contribution < -0.4 is 11.1 Å². The predicted molar refractivity (Wildman–Crippen MR) is 62.3 cm³/mol. The average molecular weight is 239 g/mol. The van der Waals surface area contributed by atoms with Gasteiger partial charge in [0, 0.05) is 12.4 Å². The normalized spacial score (nSPS) is 15.3. The van der Waals surface area contributed by atoms with Gasteiger partial charge in [0.1, 0.15) is 5.82 Å². The third kappa shape index (κ3) is 3.20. The molecule has 7 heteroatoms. The molecule has 0 saturated heterocycles. The van der Waals surface area contributed by atoms with Gasteiger partial charge in [0.25, 0.3) is 0 Å². The molecule has 94 valence electrons. The van der Waals surface area contributed by atoms with E-state index in [1.54, 1.807) is 26.2 Å². The van der Waals surface area contributed by atoms with Gasteiger partial charge < -0.3 is 21.2 Å². The van der Waals surface area contributed by atoms with Crippen molar-refractivity contribution in [1.29, 1.82) is 0 Å². The molecule has 0 aromatic carbocycles. The van der Waals surface area contributed by atoms with Crippen LogP contribution in [0.3, 0.4) is 0 Å². The number of nitrogens with two attached hydrogens (primary N) is 1. The molecule has 0 aliphatic rings. The summed E-state index contributed by atoms with van der Waals surface area (Å²) >= 11 is 0. The average Bonchev–Trinajstić information content (AvgIpc) is 2.83. The number of carbonyl (C=O) groups is 1. The number of hydrogen-bond donors (Lipinski definition) is 4. The Morgan fingerprint density at radius 2 is 2.47 bits per heavy atom. The molecule has 17 heavy (non-hydrogen) atoms. The molecule has 2 unspecified atom stereocenters. The van der Waals surface area contributed by atoms with Crippen molar-refractivity contribution in [2.45, 2.75) is 26.3 Å². The minimum absolute atomic E-state index is 0.0864. The fourth-order valence-electron chi connectivity index (χ4n) is 1.50. The van der Waals surface area contributed by atoms with Gasteiger partial charge in [0.2, 0.25) is 5.91 Å². The highest BCUT2D eigenvalue weighted by atomic mass is 16.4. The lowest BCUT2D eigenvalue weighted by Gasteiger charge is -2.16. The van der Waals surface area contributed by atoms with Crippen LogP contribution in [-0.4, -0.2) is 26.9 Å². The van der Waals surface area contributed by atoms with Crippen molar-refractivity contribution in [2.75, 3.05) is 0 Å². The van der Waals surface area contributed by atoms with E-state index in [1.807, 2.05) is 0 Å². The van der Waals surface area contributed by atoms with E-state index in [-0.39, 0.29) is 17.8 Å². The highest BCUT2D eigenvalue weighted by Crippen LogP contribution is 2.09. The van der Waals surface area contributed by atoms with Crippen LogP contribution in [0, 0.1) is 5.92 Å². The van der Waals surface area contributed by atoms with Crippen LogP contribution in [0.15, 0.2) is 17.5 Å². The number of oxime groups is 1. The van der Waals surface area contributed by atoms with Gasteiger partial charge in [-0.2, -0.15) is 0 Å². The fourth-order valence-corrected chi connectivity index (χ4v) is 1.50. The topological polar surface area (TPSA) is 116 Å². The minimum atomic E-state index is -0.627. The summed E-state index contributed by atoms with van der Waals surface area (Å²) in [6.07, 6.45) is 3.75. The molecule has 0 aliphatic carbocycles. The lowest BCUT2D eigenvalue weighted by atomic mass is 10.0. The number of amides is 1. The molecule has 1 heterocycles. The quantitative estimate of drug-likeness (QED) is 0.257. The lowest BCUT2D eigenvalue weighted by Crippen LogP contribution is -2.39. The monoisotopic (exact) mass is 239 g/mol. The highest BCUT2D eigenvalue weighted by molar-refractivity contribution is 6.02. The standard InChI is InChI=1S/C10H17N5O2/c1-3-7(8(11)15-17)10(16)14-6(2)9-12-4-5-13-9/h4-7,17H,3H2,1-2H3,(H2,11,15)(H,12,13)(H,14,16). The molecule has 5 N–H and O–H groups in total. The molecular formula is C10H17N5O2. The molecule has 2 atom stereocenters. The highest BCUT2D eigenvalue weighted by Gasteiger charge is 2.23. The molecule has 0 spiro atoms. The third-order valence-electron chi connectivity index (χ3n) is 2.49. The van der Waals surface area contributed by atoms with Crippen LogP contribution in [0.25, 0.3) is 0 Å². The smallest absolute Gasteiger partial charge is 0.231 e. The molecule has 0 bridgehead atoms. The fraction of sp³-hybridized carbons (Fsp3) is 0.500. The number of carbonyl (C=O) groups excluding carboxylic acids is 1. The Balaban J connectivity index is 2.65. The zero-order chi connectivity index (χ0) is 12.8. The van der Waals surface area contributed by atoms with Gasteiger partial charge in [-0.15, -0.1) is 0 Å². The maximum Gasteiger partial charge on any atom is 0.231 e. The maximum absolute atomic E-state index is 11.9. The van der Waals surface area contributed by atoms with Crippen molar-refractivity contribution in [3.63, 3.8) is 0 Å². The summed E-state index contributed by atoms with van der Waals surface area (Å²) in [4.78, 5) is 18.8. The third-order valence-corrected chi connectivity index (χ3v) is 2.49. The van der Waals surface area contributed by atoms with Crippen LogP contribution in [-0.2, 0) is 4.79 Å². The molecule has 7 nitrogen and oxygen atoms in total. The summed E-state index contributed by atoms with van der Waals surface area (Å²) in [7, 11) is 0. The van der Waals surface area contributed by atoms with Crippen LogP contribution in [0.2, 0.25) is 0 Å². The number of nitrogens with zero attached hydrogens (tertiary/aromatic N) is 2. The Bertz CT molecular complexity index is 387. The molecule has 1 aromatic heterocycles. The Kier molecular flexibility index (Phi) is 4.50. The first-order valence-electron chi connectivity index (χ1n) is 5.37. The van der Waals surface area contributed by atoms with Crippen LogP contribution in [0.4, 0.5) is 0 Å². The zero-order valence-electron chi connectivity index (χ0n) is 9.84. The van der Waals surface area contributed by atoms with Gasteiger partial charge >= 0.3 is 0 Å². The second-order valence-corrected chi connectivity index (χ2v) is 3.69. The number of imidazole rings is 1. The maximum atomic E-state index is 11.9. The van der Waals surface area contributed by atoms with Gasteiger partial charge in [-0.25, -0.2) is 4.98 Å². The van der Waals surface area contributed by atoms with Crippen molar-refractivity contribution >= 4 is 11.7 Å². The number of H-pyrrole nitrogens is 1. The van der Waals surface area contributed by atoms with E-state index in [2.05, 4.69) is 20.4 Å². The van der Waals surface area contributed by atoms with Crippen LogP contribution in [0.1, 0.15) is 32.1 Å². The van der Waals surface area contributed by atoms with Crippen molar-refractivity contribution in [3.05, 3.63) is 18.2 Å². The predicted octanol–water partition coefficient (Wildman–Crippen LogP) is 0.359. The summed E-state index contributed by atoms with van der Waals surface area (Å²) in [6.45, 7) is 3.59. The number of amidine groups is 1. The van der Waals surface area contributed by atoms with E-state index in [0.29, 0.717) is 12.2 Å². The van der Waals surface area contributed by atoms with Gasteiger partial charge in [-0.05, 0) is 13.3 Å². The van der Waals surface area contributed by atoms with Gasteiger partial charge in [0.15, 0.2) is 5.84 Å². The molecular weight excluding hydrogens is 222 g/mol. The van der Waals surface area contributed by atoms with E-state index in [9.17, 15) is 4.79 Å². The number of rotatable bonds is 5. The summed E-state index contributed by atoms with van der Waals surface area (Å²) < 4.78 is 0. The number of aromatic nitrogens is 2. The molecule has 0 saturated carbocycles. The van der Waals surface area contributed by atoms with E-state index in [1.165, 1.54) is 0 Å². The SMILES string of the molecule is CCC(C(=O)NC(C)c1ncc[nH]1)/C(N)=N/O. The van der Waals surface area contributed by atoms with Crippen LogP contribution in [0.5, 0.6) is 0 Å². The van der Waals surface area contributed by atoms with Crippen molar-refractivity contribution in [2.24, 2.45) is 16.8 Å². The number of hydrogen-bond acceptors (Lipinski definition) is 4. The molecule has 1 rings (SSSR count).